The first-order valence-corrected chi connectivity index (χ1v) is 15.6. The van der Waals surface area contributed by atoms with Gasteiger partial charge in [0.25, 0.3) is 5.56 Å². The Balaban J connectivity index is 1.43. The highest BCUT2D eigenvalue weighted by Crippen LogP contribution is 2.30. The van der Waals surface area contributed by atoms with Crippen molar-refractivity contribution in [1.82, 2.24) is 24.8 Å². The molecule has 0 bridgehead atoms. The van der Waals surface area contributed by atoms with Crippen LogP contribution in [-0.4, -0.2) is 76.9 Å². The number of amides is 1. The average Bonchev–Trinajstić information content (AvgIpc) is 2.95. The summed E-state index contributed by atoms with van der Waals surface area (Å²) in [6.07, 6.45) is 7.16. The number of anilines is 2. The van der Waals surface area contributed by atoms with E-state index in [4.69, 9.17) is 9.72 Å². The van der Waals surface area contributed by atoms with Gasteiger partial charge in [-0.05, 0) is 83.4 Å². The summed E-state index contributed by atoms with van der Waals surface area (Å²) in [5, 5.41) is 8.88. The smallest absolute Gasteiger partial charge is 0.407 e. The third-order valence-corrected chi connectivity index (χ3v) is 8.48. The fourth-order valence-electron chi connectivity index (χ4n) is 6.07. The van der Waals surface area contributed by atoms with Crippen LogP contribution in [0.3, 0.4) is 0 Å². The number of rotatable bonds is 8. The Bertz CT molecular complexity index is 1450. The molecule has 3 heterocycles. The van der Waals surface area contributed by atoms with E-state index in [1.54, 1.807) is 0 Å². The van der Waals surface area contributed by atoms with Crippen molar-refractivity contribution in [1.29, 1.82) is 0 Å². The zero-order valence-corrected chi connectivity index (χ0v) is 25.9. The molecule has 2 N–H and O–H groups in total. The van der Waals surface area contributed by atoms with E-state index in [0.717, 1.165) is 93.1 Å². The lowest BCUT2D eigenvalue weighted by Gasteiger charge is -2.34. The van der Waals surface area contributed by atoms with Gasteiger partial charge in [0, 0.05) is 62.6 Å². The molecule has 2 aliphatic rings. The van der Waals surface area contributed by atoms with E-state index in [-0.39, 0.29) is 17.7 Å². The summed E-state index contributed by atoms with van der Waals surface area (Å²) in [4.78, 5) is 40.7. The minimum Gasteiger partial charge on any atom is -0.444 e. The van der Waals surface area contributed by atoms with Gasteiger partial charge in [-0.1, -0.05) is 19.4 Å². The highest BCUT2D eigenvalue weighted by Gasteiger charge is 2.26. The van der Waals surface area contributed by atoms with Gasteiger partial charge in [0.1, 0.15) is 11.2 Å². The van der Waals surface area contributed by atoms with Crippen molar-refractivity contribution in [2.75, 3.05) is 50.0 Å². The van der Waals surface area contributed by atoms with Crippen LogP contribution in [0.25, 0.3) is 21.8 Å². The minimum absolute atomic E-state index is 0.000638. The Morgan fingerprint density at radius 2 is 1.79 bits per heavy atom. The zero-order chi connectivity index (χ0) is 29.9. The summed E-state index contributed by atoms with van der Waals surface area (Å²) in [7, 11) is 2.15. The van der Waals surface area contributed by atoms with E-state index in [2.05, 4.69) is 57.6 Å². The lowest BCUT2D eigenvalue weighted by molar-refractivity contribution is 0.0486. The second kappa shape index (κ2) is 12.9. The number of carbonyl (C=O) groups excluding carboxylic acids is 1. The first-order chi connectivity index (χ1) is 20.1. The molecule has 0 radical (unpaired) electrons. The van der Waals surface area contributed by atoms with Crippen LogP contribution in [0.15, 0.2) is 29.2 Å². The summed E-state index contributed by atoms with van der Waals surface area (Å²) in [6, 6.07) is 6.35. The van der Waals surface area contributed by atoms with Crippen LogP contribution >= 0.6 is 0 Å². The van der Waals surface area contributed by atoms with Gasteiger partial charge >= 0.3 is 6.09 Å². The van der Waals surface area contributed by atoms with Gasteiger partial charge in [-0.3, -0.25) is 9.36 Å². The number of aromatic nitrogens is 3. The molecule has 3 aromatic rings. The van der Waals surface area contributed by atoms with Gasteiger partial charge in [0.2, 0.25) is 5.95 Å². The van der Waals surface area contributed by atoms with E-state index in [1.165, 1.54) is 0 Å². The number of likely N-dealkylation sites (N-methyl/N-ethyl adjacent to an activating group) is 1. The number of hydrogen-bond donors (Lipinski definition) is 2. The van der Waals surface area contributed by atoms with E-state index in [0.29, 0.717) is 24.1 Å². The number of ether oxygens (including phenoxy) is 1. The Morgan fingerprint density at radius 3 is 2.48 bits per heavy atom. The molecule has 10 nitrogen and oxygen atoms in total. The molecular formula is C32H47N7O3. The molecule has 42 heavy (non-hydrogen) atoms. The maximum absolute atomic E-state index is 14.2. The number of alkyl carbamates (subject to hydrolysis) is 1. The SMILES string of the molecule is CCCCNc1ncc2c3ccc(N4CCN(C)CC4)cc3c(=O)n(CC3CCC(NC(=O)OC(C)(C)C)CC3)c2n1. The number of benzene rings is 1. The molecule has 10 heteroatoms. The van der Waals surface area contributed by atoms with Crippen molar-refractivity contribution in [2.24, 2.45) is 5.92 Å². The number of fused-ring (bicyclic) bond motifs is 3. The van der Waals surface area contributed by atoms with Crippen LogP contribution in [0.2, 0.25) is 0 Å². The zero-order valence-electron chi connectivity index (χ0n) is 25.9. The van der Waals surface area contributed by atoms with Crippen molar-refractivity contribution < 1.29 is 9.53 Å². The molecule has 1 aromatic carbocycles. The highest BCUT2D eigenvalue weighted by molar-refractivity contribution is 6.05. The predicted molar refractivity (Wildman–Crippen MR) is 170 cm³/mol. The van der Waals surface area contributed by atoms with Crippen LogP contribution in [-0.2, 0) is 11.3 Å². The maximum Gasteiger partial charge on any atom is 0.407 e. The van der Waals surface area contributed by atoms with Crippen LogP contribution < -0.4 is 21.1 Å². The van der Waals surface area contributed by atoms with Gasteiger partial charge in [-0.2, -0.15) is 4.98 Å². The summed E-state index contributed by atoms with van der Waals surface area (Å²) in [5.74, 6) is 0.870. The molecule has 1 amide bonds. The van der Waals surface area contributed by atoms with E-state index in [9.17, 15) is 9.59 Å². The Hall–Kier alpha value is -3.40. The Morgan fingerprint density at radius 1 is 1.05 bits per heavy atom. The molecule has 1 saturated heterocycles. The number of nitrogens with one attached hydrogen (secondary N) is 2. The molecule has 1 aliphatic heterocycles. The Labute approximate surface area is 248 Å². The fourth-order valence-corrected chi connectivity index (χ4v) is 6.07. The van der Waals surface area contributed by atoms with Crippen LogP contribution in [0.5, 0.6) is 0 Å². The van der Waals surface area contributed by atoms with Gasteiger partial charge < -0.3 is 25.2 Å². The van der Waals surface area contributed by atoms with E-state index in [1.807, 2.05) is 31.5 Å². The molecule has 0 unspecified atom stereocenters. The van der Waals surface area contributed by atoms with Gasteiger partial charge in [-0.15, -0.1) is 0 Å². The topological polar surface area (TPSA) is 105 Å². The van der Waals surface area contributed by atoms with Crippen molar-refractivity contribution in [3.05, 3.63) is 34.7 Å². The predicted octanol–water partition coefficient (Wildman–Crippen LogP) is 4.99. The number of piperazine rings is 1. The monoisotopic (exact) mass is 577 g/mol. The summed E-state index contributed by atoms with van der Waals surface area (Å²) >= 11 is 0. The fraction of sp³-hybridized carbons (Fsp3) is 0.625. The standard InChI is InChI=1S/C32H47N7O3/c1-6-7-14-33-30-34-20-27-25-13-12-24(38-17-15-37(5)16-18-38)19-26(25)29(40)39(28(27)36-30)21-22-8-10-23(11-9-22)35-31(41)42-32(2,3)4/h12-13,19-20,22-23H,6-11,14-18,21H2,1-5H3,(H,35,41)(H,33,34,36). The van der Waals surface area contributed by atoms with Crippen LogP contribution in [0, 0.1) is 5.92 Å². The molecule has 0 atom stereocenters. The Kier molecular flexibility index (Phi) is 9.20. The van der Waals surface area contributed by atoms with Gasteiger partial charge in [0.05, 0.1) is 5.39 Å². The molecule has 5 rings (SSSR count). The second-order valence-electron chi connectivity index (χ2n) is 13.0. The molecule has 2 fully saturated rings. The summed E-state index contributed by atoms with van der Waals surface area (Å²) in [6.45, 7) is 13.1. The minimum atomic E-state index is -0.518. The van der Waals surface area contributed by atoms with Crippen molar-refractivity contribution in [3.8, 4) is 0 Å². The maximum atomic E-state index is 14.2. The van der Waals surface area contributed by atoms with E-state index >= 15 is 0 Å². The molecule has 0 spiro atoms. The molecule has 228 valence electrons. The largest absolute Gasteiger partial charge is 0.444 e. The number of hydrogen-bond acceptors (Lipinski definition) is 8. The third-order valence-electron chi connectivity index (χ3n) is 8.48. The lowest BCUT2D eigenvalue weighted by atomic mass is 9.86. The lowest BCUT2D eigenvalue weighted by Crippen LogP contribution is -2.44. The summed E-state index contributed by atoms with van der Waals surface area (Å²) in [5.41, 5.74) is 1.25. The second-order valence-corrected chi connectivity index (χ2v) is 13.0. The van der Waals surface area contributed by atoms with E-state index < -0.39 is 5.60 Å². The van der Waals surface area contributed by atoms with Crippen LogP contribution in [0.1, 0.15) is 66.2 Å². The summed E-state index contributed by atoms with van der Waals surface area (Å²) < 4.78 is 7.33. The molecule has 1 aliphatic carbocycles. The number of pyridine rings is 1. The average molecular weight is 578 g/mol. The molecular weight excluding hydrogens is 530 g/mol. The van der Waals surface area contributed by atoms with Gasteiger partial charge in [0.15, 0.2) is 0 Å². The molecule has 2 aromatic heterocycles. The highest BCUT2D eigenvalue weighted by atomic mass is 16.6. The van der Waals surface area contributed by atoms with Crippen molar-refractivity contribution in [2.45, 2.75) is 84.4 Å². The van der Waals surface area contributed by atoms with Crippen molar-refractivity contribution in [3.63, 3.8) is 0 Å². The normalized spacial score (nSPS) is 20.2. The quantitative estimate of drug-likeness (QED) is 0.285. The number of unbranched alkanes of at least 4 members (excludes halogenated alkanes) is 1. The van der Waals surface area contributed by atoms with Crippen LogP contribution in [0.4, 0.5) is 16.4 Å². The number of carbonyl (C=O) groups is 1. The number of nitrogens with zero attached hydrogens (tertiary/aromatic N) is 5. The molecule has 1 saturated carbocycles. The van der Waals surface area contributed by atoms with Gasteiger partial charge in [-0.25, -0.2) is 9.78 Å². The third kappa shape index (κ3) is 7.14. The first kappa shape index (κ1) is 30.1. The van der Waals surface area contributed by atoms with Crippen molar-refractivity contribution >= 4 is 39.5 Å². The first-order valence-electron chi connectivity index (χ1n) is 15.6.